The Kier molecular flexibility index (Phi) is 6.03. The van der Waals surface area contributed by atoms with Gasteiger partial charge < -0.3 is 10.2 Å². The van der Waals surface area contributed by atoms with Crippen LogP contribution in [0.4, 0.5) is 0 Å². The van der Waals surface area contributed by atoms with Crippen LogP contribution in [0.2, 0.25) is 0 Å². The standard InChI is InChI=1S/C8H16O2/c1-2-3-4-5-6-8(10)7-9/h7,9-10H,2-6H2,1H3/b8-7-. The highest BCUT2D eigenvalue weighted by atomic mass is 16.3. The van der Waals surface area contributed by atoms with E-state index in [4.69, 9.17) is 10.2 Å². The van der Waals surface area contributed by atoms with Gasteiger partial charge in [-0.05, 0) is 6.42 Å². The molecule has 0 aliphatic carbocycles. The van der Waals surface area contributed by atoms with Crippen LogP contribution < -0.4 is 0 Å². The Bertz CT molecular complexity index is 97.4. The topological polar surface area (TPSA) is 40.5 Å². The monoisotopic (exact) mass is 144 g/mol. The van der Waals surface area contributed by atoms with Crippen molar-refractivity contribution in [1.82, 2.24) is 0 Å². The fraction of sp³-hybridized carbons (Fsp3) is 0.750. The maximum absolute atomic E-state index is 8.77. The summed E-state index contributed by atoms with van der Waals surface area (Å²) in [6.45, 7) is 2.14. The van der Waals surface area contributed by atoms with Crippen LogP contribution >= 0.6 is 0 Å². The van der Waals surface area contributed by atoms with Gasteiger partial charge in [-0.25, -0.2) is 0 Å². The second kappa shape index (κ2) is 6.46. The summed E-state index contributed by atoms with van der Waals surface area (Å²) in [7, 11) is 0. The van der Waals surface area contributed by atoms with Crippen LogP contribution in [-0.2, 0) is 0 Å². The van der Waals surface area contributed by atoms with E-state index in [0.717, 1.165) is 19.1 Å². The molecule has 0 aliphatic rings. The fourth-order valence-electron chi connectivity index (χ4n) is 0.797. The maximum Gasteiger partial charge on any atom is 0.126 e. The predicted octanol–water partition coefficient (Wildman–Crippen LogP) is 2.91. The van der Waals surface area contributed by atoms with E-state index in [1.807, 2.05) is 0 Å². The van der Waals surface area contributed by atoms with Gasteiger partial charge in [0.05, 0.1) is 0 Å². The Morgan fingerprint density at radius 1 is 1.30 bits per heavy atom. The van der Waals surface area contributed by atoms with Gasteiger partial charge in [0, 0.05) is 6.42 Å². The molecule has 0 heterocycles. The van der Waals surface area contributed by atoms with E-state index >= 15 is 0 Å². The molecule has 2 N–H and O–H groups in total. The van der Waals surface area contributed by atoms with E-state index in [-0.39, 0.29) is 5.76 Å². The number of hydrogen-bond donors (Lipinski definition) is 2. The first-order valence-electron chi connectivity index (χ1n) is 3.83. The molecule has 0 fully saturated rings. The first-order chi connectivity index (χ1) is 4.81. The largest absolute Gasteiger partial charge is 0.512 e. The zero-order valence-electron chi connectivity index (χ0n) is 6.51. The molecule has 10 heavy (non-hydrogen) atoms. The Labute approximate surface area is 62.2 Å². The third kappa shape index (κ3) is 5.48. The van der Waals surface area contributed by atoms with E-state index in [2.05, 4.69) is 6.92 Å². The molecule has 0 aliphatic heterocycles. The summed E-state index contributed by atoms with van der Waals surface area (Å²) in [6.07, 6.45) is 5.88. The Balaban J connectivity index is 3.04. The van der Waals surface area contributed by atoms with Crippen molar-refractivity contribution in [2.24, 2.45) is 0 Å². The molecular formula is C8H16O2. The summed E-state index contributed by atoms with van der Waals surface area (Å²) in [4.78, 5) is 0. The van der Waals surface area contributed by atoms with Gasteiger partial charge >= 0.3 is 0 Å². The van der Waals surface area contributed by atoms with E-state index in [1.54, 1.807) is 0 Å². The molecule has 0 aromatic heterocycles. The van der Waals surface area contributed by atoms with E-state index in [0.29, 0.717) is 6.42 Å². The Hall–Kier alpha value is -0.660. The van der Waals surface area contributed by atoms with Crippen LogP contribution in [0.15, 0.2) is 12.0 Å². The summed E-state index contributed by atoms with van der Waals surface area (Å²) in [5.74, 6) is 0.0936. The number of aliphatic hydroxyl groups excluding tert-OH is 2. The second-order valence-electron chi connectivity index (χ2n) is 2.43. The molecule has 60 valence electrons. The summed E-state index contributed by atoms with van der Waals surface area (Å²) in [6, 6.07) is 0. The van der Waals surface area contributed by atoms with E-state index in [1.165, 1.54) is 12.8 Å². The molecule has 0 aromatic rings. The fourth-order valence-corrected chi connectivity index (χ4v) is 0.797. The lowest BCUT2D eigenvalue weighted by Gasteiger charge is -1.96. The van der Waals surface area contributed by atoms with Gasteiger partial charge in [0.15, 0.2) is 0 Å². The highest BCUT2D eigenvalue weighted by Crippen LogP contribution is 2.06. The average molecular weight is 144 g/mol. The molecule has 0 rings (SSSR count). The van der Waals surface area contributed by atoms with Crippen LogP contribution in [0.3, 0.4) is 0 Å². The van der Waals surface area contributed by atoms with Crippen molar-refractivity contribution in [2.75, 3.05) is 0 Å². The molecule has 0 atom stereocenters. The van der Waals surface area contributed by atoms with Gasteiger partial charge in [0.25, 0.3) is 0 Å². The minimum atomic E-state index is 0.0936. The highest BCUT2D eigenvalue weighted by molar-refractivity contribution is 4.82. The molecule has 0 aromatic carbocycles. The predicted molar refractivity (Wildman–Crippen MR) is 42.1 cm³/mol. The van der Waals surface area contributed by atoms with Crippen LogP contribution in [-0.4, -0.2) is 10.2 Å². The summed E-state index contributed by atoms with van der Waals surface area (Å²) in [5, 5.41) is 17.0. The molecular weight excluding hydrogens is 128 g/mol. The molecule has 0 bridgehead atoms. The van der Waals surface area contributed by atoms with Crippen LogP contribution in [0.5, 0.6) is 0 Å². The zero-order valence-corrected chi connectivity index (χ0v) is 6.51. The van der Waals surface area contributed by atoms with Gasteiger partial charge in [0.2, 0.25) is 0 Å². The number of allylic oxidation sites excluding steroid dienone is 1. The molecule has 0 spiro atoms. The Morgan fingerprint density at radius 3 is 2.50 bits per heavy atom. The third-order valence-corrected chi connectivity index (χ3v) is 1.44. The van der Waals surface area contributed by atoms with Crippen molar-refractivity contribution in [3.05, 3.63) is 12.0 Å². The zero-order chi connectivity index (χ0) is 7.82. The second-order valence-corrected chi connectivity index (χ2v) is 2.43. The van der Waals surface area contributed by atoms with Crippen molar-refractivity contribution < 1.29 is 10.2 Å². The molecule has 0 radical (unpaired) electrons. The first kappa shape index (κ1) is 9.34. The molecule has 2 heteroatoms. The van der Waals surface area contributed by atoms with Gasteiger partial charge in [-0.2, -0.15) is 0 Å². The van der Waals surface area contributed by atoms with Crippen LogP contribution in [0, 0.1) is 0 Å². The lowest BCUT2D eigenvalue weighted by Crippen LogP contribution is -1.82. The molecule has 0 saturated heterocycles. The summed E-state index contributed by atoms with van der Waals surface area (Å²) in [5.41, 5.74) is 0. The highest BCUT2D eigenvalue weighted by Gasteiger charge is 1.91. The van der Waals surface area contributed by atoms with Crippen molar-refractivity contribution >= 4 is 0 Å². The van der Waals surface area contributed by atoms with E-state index in [9.17, 15) is 0 Å². The number of hydrogen-bond acceptors (Lipinski definition) is 2. The summed E-state index contributed by atoms with van der Waals surface area (Å²) < 4.78 is 0. The number of unbranched alkanes of at least 4 members (excludes halogenated alkanes) is 3. The lowest BCUT2D eigenvalue weighted by atomic mass is 10.1. The van der Waals surface area contributed by atoms with Gasteiger partial charge in [-0.3, -0.25) is 0 Å². The molecule has 0 unspecified atom stereocenters. The van der Waals surface area contributed by atoms with Crippen molar-refractivity contribution in [2.45, 2.75) is 39.0 Å². The normalized spacial score (nSPS) is 11.9. The van der Waals surface area contributed by atoms with Crippen molar-refractivity contribution in [3.63, 3.8) is 0 Å². The molecule has 0 saturated carbocycles. The SMILES string of the molecule is CCCCCC/C(O)=C/O. The Morgan fingerprint density at radius 2 is 2.00 bits per heavy atom. The molecule has 0 amide bonds. The van der Waals surface area contributed by atoms with Crippen LogP contribution in [0.25, 0.3) is 0 Å². The lowest BCUT2D eigenvalue weighted by molar-refractivity contribution is 0.339. The van der Waals surface area contributed by atoms with Crippen molar-refractivity contribution in [3.8, 4) is 0 Å². The minimum Gasteiger partial charge on any atom is -0.512 e. The summed E-state index contributed by atoms with van der Waals surface area (Å²) >= 11 is 0. The maximum atomic E-state index is 8.77. The average Bonchev–Trinajstić information content (AvgIpc) is 1.98. The van der Waals surface area contributed by atoms with Crippen LogP contribution in [0.1, 0.15) is 39.0 Å². The third-order valence-electron chi connectivity index (χ3n) is 1.44. The van der Waals surface area contributed by atoms with Gasteiger partial charge in [0.1, 0.15) is 12.0 Å². The number of rotatable bonds is 5. The van der Waals surface area contributed by atoms with Crippen molar-refractivity contribution in [1.29, 1.82) is 0 Å². The van der Waals surface area contributed by atoms with E-state index < -0.39 is 0 Å². The first-order valence-corrected chi connectivity index (χ1v) is 3.83. The molecule has 2 nitrogen and oxygen atoms in total. The van der Waals surface area contributed by atoms with Gasteiger partial charge in [-0.1, -0.05) is 26.2 Å². The quantitative estimate of drug-likeness (QED) is 0.460. The number of aliphatic hydroxyl groups is 2. The smallest absolute Gasteiger partial charge is 0.126 e. The van der Waals surface area contributed by atoms with Gasteiger partial charge in [-0.15, -0.1) is 0 Å². The minimum absolute atomic E-state index is 0.0936.